The minimum absolute atomic E-state index is 0.363. The maximum atomic E-state index is 5.80. The Morgan fingerprint density at radius 2 is 1.88 bits per heavy atom. The quantitative estimate of drug-likeness (QED) is 0.719. The highest BCUT2D eigenvalue weighted by Crippen LogP contribution is 2.55. The van der Waals surface area contributed by atoms with Gasteiger partial charge < -0.3 is 10.1 Å². The zero-order chi connectivity index (χ0) is 11.5. The second-order valence-corrected chi connectivity index (χ2v) is 5.93. The Morgan fingerprint density at radius 1 is 1.19 bits per heavy atom. The van der Waals surface area contributed by atoms with Gasteiger partial charge in [-0.3, -0.25) is 0 Å². The van der Waals surface area contributed by atoms with Gasteiger partial charge in [-0.05, 0) is 63.8 Å². The molecule has 0 aromatic carbocycles. The lowest BCUT2D eigenvalue weighted by atomic mass is 9.95. The van der Waals surface area contributed by atoms with Crippen LogP contribution < -0.4 is 5.32 Å². The SMILES string of the molecule is CCCNC(COC(C)C)C1CC2CC2C1. The van der Waals surface area contributed by atoms with Gasteiger partial charge in [-0.15, -0.1) is 0 Å². The molecule has 2 aliphatic carbocycles. The smallest absolute Gasteiger partial charge is 0.0625 e. The normalized spacial score (nSPS) is 34.1. The Bertz CT molecular complexity index is 207. The number of nitrogens with one attached hydrogen (secondary N) is 1. The van der Waals surface area contributed by atoms with Crippen molar-refractivity contribution in [2.24, 2.45) is 17.8 Å². The summed E-state index contributed by atoms with van der Waals surface area (Å²) in [5.74, 6) is 3.04. The molecular formula is C14H27NO. The van der Waals surface area contributed by atoms with Gasteiger partial charge in [-0.25, -0.2) is 0 Å². The monoisotopic (exact) mass is 225 g/mol. The molecule has 94 valence electrons. The van der Waals surface area contributed by atoms with Crippen LogP contribution in [0.4, 0.5) is 0 Å². The molecule has 3 atom stereocenters. The van der Waals surface area contributed by atoms with E-state index in [9.17, 15) is 0 Å². The highest BCUT2D eigenvalue weighted by molar-refractivity contribution is 4.99. The Morgan fingerprint density at radius 3 is 2.44 bits per heavy atom. The molecule has 0 aliphatic heterocycles. The third-order valence-corrected chi connectivity index (χ3v) is 4.11. The molecule has 0 amide bonds. The predicted molar refractivity (Wildman–Crippen MR) is 67.5 cm³/mol. The number of rotatable bonds is 7. The van der Waals surface area contributed by atoms with Crippen molar-refractivity contribution in [3.8, 4) is 0 Å². The van der Waals surface area contributed by atoms with Crippen LogP contribution in [0.5, 0.6) is 0 Å². The number of hydrogen-bond acceptors (Lipinski definition) is 2. The molecule has 2 fully saturated rings. The molecule has 2 heteroatoms. The molecule has 0 bridgehead atoms. The average molecular weight is 225 g/mol. The van der Waals surface area contributed by atoms with Crippen molar-refractivity contribution in [1.82, 2.24) is 5.32 Å². The fourth-order valence-electron chi connectivity index (χ4n) is 3.08. The van der Waals surface area contributed by atoms with Crippen LogP contribution in [0.15, 0.2) is 0 Å². The van der Waals surface area contributed by atoms with E-state index in [2.05, 4.69) is 26.1 Å². The van der Waals surface area contributed by atoms with Gasteiger partial charge in [0.15, 0.2) is 0 Å². The highest BCUT2D eigenvalue weighted by Gasteiger charge is 2.47. The zero-order valence-electron chi connectivity index (χ0n) is 11.0. The molecule has 1 N–H and O–H groups in total. The molecule has 3 unspecified atom stereocenters. The lowest BCUT2D eigenvalue weighted by Crippen LogP contribution is -2.40. The van der Waals surface area contributed by atoms with Crippen LogP contribution in [0.25, 0.3) is 0 Å². The van der Waals surface area contributed by atoms with Crippen LogP contribution in [0.2, 0.25) is 0 Å². The third kappa shape index (κ3) is 3.21. The van der Waals surface area contributed by atoms with E-state index in [1.165, 1.54) is 25.7 Å². The van der Waals surface area contributed by atoms with Crippen molar-refractivity contribution in [2.45, 2.75) is 58.6 Å². The molecule has 0 aromatic rings. The van der Waals surface area contributed by atoms with Crippen molar-refractivity contribution in [3.63, 3.8) is 0 Å². The van der Waals surface area contributed by atoms with Crippen molar-refractivity contribution in [1.29, 1.82) is 0 Å². The largest absolute Gasteiger partial charge is 0.377 e. The van der Waals surface area contributed by atoms with E-state index >= 15 is 0 Å². The topological polar surface area (TPSA) is 21.3 Å². The van der Waals surface area contributed by atoms with Gasteiger partial charge >= 0.3 is 0 Å². The minimum Gasteiger partial charge on any atom is -0.377 e. The van der Waals surface area contributed by atoms with Crippen LogP contribution in [0, 0.1) is 17.8 Å². The molecule has 0 radical (unpaired) electrons. The summed E-state index contributed by atoms with van der Waals surface area (Å²) >= 11 is 0. The van der Waals surface area contributed by atoms with E-state index in [0.29, 0.717) is 12.1 Å². The second kappa shape index (κ2) is 5.50. The molecule has 2 aliphatic rings. The Labute approximate surface area is 100 Å². The number of fused-ring (bicyclic) bond motifs is 1. The van der Waals surface area contributed by atoms with Gasteiger partial charge in [0.25, 0.3) is 0 Å². The summed E-state index contributed by atoms with van der Waals surface area (Å²) in [5.41, 5.74) is 0. The first-order valence-corrected chi connectivity index (χ1v) is 7.05. The van der Waals surface area contributed by atoms with Gasteiger partial charge in [0, 0.05) is 6.04 Å². The minimum atomic E-state index is 0.363. The lowest BCUT2D eigenvalue weighted by molar-refractivity contribution is 0.0473. The van der Waals surface area contributed by atoms with Gasteiger partial charge in [-0.1, -0.05) is 6.92 Å². The highest BCUT2D eigenvalue weighted by atomic mass is 16.5. The molecule has 0 saturated heterocycles. The fraction of sp³-hybridized carbons (Fsp3) is 1.00. The third-order valence-electron chi connectivity index (χ3n) is 4.11. The summed E-state index contributed by atoms with van der Waals surface area (Å²) < 4.78 is 5.80. The standard InChI is InChI=1S/C14H27NO/c1-4-5-15-14(9-16-10(2)3)13-7-11-6-12(11)8-13/h10-15H,4-9H2,1-3H3. The maximum absolute atomic E-state index is 5.80. The summed E-state index contributed by atoms with van der Waals surface area (Å²) in [7, 11) is 0. The van der Waals surface area contributed by atoms with Crippen LogP contribution in [-0.4, -0.2) is 25.3 Å². The van der Waals surface area contributed by atoms with E-state index in [4.69, 9.17) is 4.74 Å². The van der Waals surface area contributed by atoms with Crippen molar-refractivity contribution in [2.75, 3.05) is 13.2 Å². The molecule has 0 heterocycles. The summed E-state index contributed by atoms with van der Waals surface area (Å²) in [6, 6.07) is 0.607. The Kier molecular flexibility index (Phi) is 4.26. The molecule has 2 rings (SSSR count). The molecule has 16 heavy (non-hydrogen) atoms. The number of hydrogen-bond donors (Lipinski definition) is 1. The average Bonchev–Trinajstić information content (AvgIpc) is 2.86. The lowest BCUT2D eigenvalue weighted by Gasteiger charge is -2.26. The van der Waals surface area contributed by atoms with Crippen LogP contribution in [-0.2, 0) is 4.74 Å². The van der Waals surface area contributed by atoms with E-state index in [-0.39, 0.29) is 0 Å². The van der Waals surface area contributed by atoms with E-state index in [0.717, 1.165) is 30.9 Å². The van der Waals surface area contributed by atoms with E-state index in [1.54, 1.807) is 0 Å². The van der Waals surface area contributed by atoms with Crippen LogP contribution in [0.1, 0.15) is 46.5 Å². The molecule has 2 nitrogen and oxygen atoms in total. The summed E-state index contributed by atoms with van der Waals surface area (Å²) in [5, 5.41) is 3.68. The first-order chi connectivity index (χ1) is 7.70. The fourth-order valence-corrected chi connectivity index (χ4v) is 3.08. The zero-order valence-corrected chi connectivity index (χ0v) is 11.0. The van der Waals surface area contributed by atoms with Gasteiger partial charge in [-0.2, -0.15) is 0 Å². The molecule has 0 aromatic heterocycles. The number of ether oxygens (including phenoxy) is 1. The molecule has 0 spiro atoms. The van der Waals surface area contributed by atoms with Crippen molar-refractivity contribution < 1.29 is 4.74 Å². The van der Waals surface area contributed by atoms with Gasteiger partial charge in [0.2, 0.25) is 0 Å². The Balaban J connectivity index is 1.76. The Hall–Kier alpha value is -0.0800. The van der Waals surface area contributed by atoms with Crippen molar-refractivity contribution >= 4 is 0 Å². The van der Waals surface area contributed by atoms with E-state index < -0.39 is 0 Å². The summed E-state index contributed by atoms with van der Waals surface area (Å²) in [6.45, 7) is 8.53. The summed E-state index contributed by atoms with van der Waals surface area (Å²) in [4.78, 5) is 0. The van der Waals surface area contributed by atoms with Gasteiger partial charge in [0.1, 0.15) is 0 Å². The van der Waals surface area contributed by atoms with Crippen LogP contribution in [0.3, 0.4) is 0 Å². The van der Waals surface area contributed by atoms with Crippen LogP contribution >= 0.6 is 0 Å². The van der Waals surface area contributed by atoms with E-state index in [1.807, 2.05) is 0 Å². The molecular weight excluding hydrogens is 198 g/mol. The van der Waals surface area contributed by atoms with Crippen molar-refractivity contribution in [3.05, 3.63) is 0 Å². The predicted octanol–water partition coefficient (Wildman–Crippen LogP) is 2.83. The first kappa shape index (κ1) is 12.4. The molecule has 2 saturated carbocycles. The summed E-state index contributed by atoms with van der Waals surface area (Å²) in [6.07, 6.45) is 6.00. The first-order valence-electron chi connectivity index (χ1n) is 7.05. The maximum Gasteiger partial charge on any atom is 0.0625 e. The van der Waals surface area contributed by atoms with Gasteiger partial charge in [0.05, 0.1) is 12.7 Å². The second-order valence-electron chi connectivity index (χ2n) is 5.93.